The molecule has 0 aromatic heterocycles. The van der Waals surface area contributed by atoms with Gasteiger partial charge in [-0.25, -0.2) is 4.79 Å². The molecule has 0 aliphatic heterocycles. The van der Waals surface area contributed by atoms with E-state index in [4.69, 9.17) is 9.47 Å². The highest BCUT2D eigenvalue weighted by molar-refractivity contribution is 5.97. The summed E-state index contributed by atoms with van der Waals surface area (Å²) in [6, 6.07) is 12.9. The van der Waals surface area contributed by atoms with Crippen LogP contribution in [0.1, 0.15) is 62.5 Å². The maximum Gasteiger partial charge on any atom is 0.338 e. The van der Waals surface area contributed by atoms with Crippen LogP contribution in [0.3, 0.4) is 0 Å². The molecule has 0 heterocycles. The molecule has 0 bridgehead atoms. The molecule has 29 heavy (non-hydrogen) atoms. The number of aryl methyl sites for hydroxylation is 1. The highest BCUT2D eigenvalue weighted by Crippen LogP contribution is 2.25. The minimum Gasteiger partial charge on any atom is -0.481 e. The highest BCUT2D eigenvalue weighted by Gasteiger charge is 2.21. The third kappa shape index (κ3) is 6.08. The molecular formula is C24H31NO4. The van der Waals surface area contributed by atoms with Crippen LogP contribution >= 0.6 is 0 Å². The molecule has 2 aromatic carbocycles. The molecule has 2 aromatic rings. The van der Waals surface area contributed by atoms with Gasteiger partial charge in [0.1, 0.15) is 5.75 Å². The lowest BCUT2D eigenvalue weighted by Gasteiger charge is -2.21. The van der Waals surface area contributed by atoms with Crippen molar-refractivity contribution in [2.45, 2.75) is 59.5 Å². The molecule has 0 saturated carbocycles. The van der Waals surface area contributed by atoms with Gasteiger partial charge in [0.2, 0.25) is 0 Å². The Morgan fingerprint density at radius 3 is 2.24 bits per heavy atom. The summed E-state index contributed by atoms with van der Waals surface area (Å²) in [5.74, 6) is -0.0151. The number of carbonyl (C=O) groups excluding carboxylic acids is 2. The van der Waals surface area contributed by atoms with E-state index in [1.807, 2.05) is 38.1 Å². The van der Waals surface area contributed by atoms with Gasteiger partial charge in [0, 0.05) is 5.69 Å². The fourth-order valence-electron chi connectivity index (χ4n) is 2.83. The predicted octanol–water partition coefficient (Wildman–Crippen LogP) is 5.27. The third-order valence-electron chi connectivity index (χ3n) is 4.67. The zero-order valence-electron chi connectivity index (χ0n) is 18.2. The number of amides is 1. The van der Waals surface area contributed by atoms with E-state index in [0.717, 1.165) is 5.56 Å². The number of ether oxygens (including phenoxy) is 2. The number of benzene rings is 2. The number of anilines is 1. The summed E-state index contributed by atoms with van der Waals surface area (Å²) in [5, 5.41) is 2.88. The Bertz CT molecular complexity index is 850. The summed E-state index contributed by atoms with van der Waals surface area (Å²) >= 11 is 0. The molecule has 0 saturated heterocycles. The van der Waals surface area contributed by atoms with Crippen molar-refractivity contribution in [3.8, 4) is 5.75 Å². The molecule has 1 amide bonds. The van der Waals surface area contributed by atoms with Crippen LogP contribution in [0.5, 0.6) is 5.75 Å². The van der Waals surface area contributed by atoms with E-state index >= 15 is 0 Å². The summed E-state index contributed by atoms with van der Waals surface area (Å²) in [7, 11) is 0. The van der Waals surface area contributed by atoms with Crippen molar-refractivity contribution in [2.24, 2.45) is 0 Å². The minimum absolute atomic E-state index is 0.0571. The molecule has 0 unspecified atom stereocenters. The molecular weight excluding hydrogens is 366 g/mol. The van der Waals surface area contributed by atoms with Crippen LogP contribution in [0.15, 0.2) is 42.5 Å². The first kappa shape index (κ1) is 22.5. The molecule has 1 atom stereocenters. The first-order valence-corrected chi connectivity index (χ1v) is 10.0. The van der Waals surface area contributed by atoms with Gasteiger partial charge in [-0.15, -0.1) is 0 Å². The van der Waals surface area contributed by atoms with E-state index in [2.05, 4.69) is 26.1 Å². The summed E-state index contributed by atoms with van der Waals surface area (Å²) in [6.07, 6.45) is -0.121. The lowest BCUT2D eigenvalue weighted by Crippen LogP contribution is -2.32. The SMILES string of the molecule is CCOC(=O)c1ccc(C)c(NC(=O)[C@@H](CC)Oc2ccc(C(C)(C)C)cc2)c1. The van der Waals surface area contributed by atoms with E-state index in [-0.39, 0.29) is 11.3 Å². The van der Waals surface area contributed by atoms with Crippen LogP contribution in [0.4, 0.5) is 5.69 Å². The molecule has 156 valence electrons. The van der Waals surface area contributed by atoms with E-state index < -0.39 is 12.1 Å². The van der Waals surface area contributed by atoms with Gasteiger partial charge in [0.05, 0.1) is 12.2 Å². The lowest BCUT2D eigenvalue weighted by atomic mass is 9.87. The molecule has 0 aliphatic rings. The fraction of sp³-hybridized carbons (Fsp3) is 0.417. The lowest BCUT2D eigenvalue weighted by molar-refractivity contribution is -0.122. The Balaban J connectivity index is 2.12. The molecule has 1 N–H and O–H groups in total. The Hall–Kier alpha value is -2.82. The monoisotopic (exact) mass is 397 g/mol. The van der Waals surface area contributed by atoms with Gasteiger partial charge >= 0.3 is 5.97 Å². The first-order valence-electron chi connectivity index (χ1n) is 10.0. The van der Waals surface area contributed by atoms with Crippen molar-refractivity contribution in [1.29, 1.82) is 0 Å². The van der Waals surface area contributed by atoms with Crippen molar-refractivity contribution in [2.75, 3.05) is 11.9 Å². The van der Waals surface area contributed by atoms with E-state index in [1.54, 1.807) is 25.1 Å². The fourth-order valence-corrected chi connectivity index (χ4v) is 2.83. The van der Waals surface area contributed by atoms with Gasteiger partial charge in [0.25, 0.3) is 5.91 Å². The second-order valence-corrected chi connectivity index (χ2v) is 8.03. The molecule has 0 spiro atoms. The van der Waals surface area contributed by atoms with Crippen LogP contribution in [-0.4, -0.2) is 24.6 Å². The van der Waals surface area contributed by atoms with Crippen molar-refractivity contribution >= 4 is 17.6 Å². The molecule has 5 heteroatoms. The molecule has 0 radical (unpaired) electrons. The van der Waals surface area contributed by atoms with Gasteiger partial charge in [-0.3, -0.25) is 4.79 Å². The number of hydrogen-bond donors (Lipinski definition) is 1. The highest BCUT2D eigenvalue weighted by atomic mass is 16.5. The topological polar surface area (TPSA) is 64.6 Å². The summed E-state index contributed by atoms with van der Waals surface area (Å²) in [5.41, 5.74) is 3.09. The van der Waals surface area contributed by atoms with Gasteiger partial charge < -0.3 is 14.8 Å². The predicted molar refractivity (Wildman–Crippen MR) is 116 cm³/mol. The molecule has 5 nitrogen and oxygen atoms in total. The number of rotatable bonds is 7. The molecule has 0 fully saturated rings. The zero-order valence-corrected chi connectivity index (χ0v) is 18.2. The average molecular weight is 398 g/mol. The molecule has 2 rings (SSSR count). The van der Waals surface area contributed by atoms with Crippen LogP contribution in [0, 0.1) is 6.92 Å². The van der Waals surface area contributed by atoms with Gasteiger partial charge in [-0.1, -0.05) is 45.9 Å². The van der Waals surface area contributed by atoms with E-state index in [0.29, 0.717) is 30.0 Å². The number of carbonyl (C=O) groups is 2. The Morgan fingerprint density at radius 2 is 1.69 bits per heavy atom. The van der Waals surface area contributed by atoms with Crippen molar-refractivity contribution < 1.29 is 19.1 Å². The second-order valence-electron chi connectivity index (χ2n) is 8.03. The minimum atomic E-state index is -0.638. The average Bonchev–Trinajstić information content (AvgIpc) is 2.67. The quantitative estimate of drug-likeness (QED) is 0.647. The van der Waals surface area contributed by atoms with Crippen molar-refractivity contribution in [1.82, 2.24) is 0 Å². The Morgan fingerprint density at radius 1 is 1.03 bits per heavy atom. The first-order chi connectivity index (χ1) is 13.7. The smallest absolute Gasteiger partial charge is 0.338 e. The van der Waals surface area contributed by atoms with E-state index in [1.165, 1.54) is 5.56 Å². The van der Waals surface area contributed by atoms with E-state index in [9.17, 15) is 9.59 Å². The largest absolute Gasteiger partial charge is 0.481 e. The van der Waals surface area contributed by atoms with Crippen LogP contribution in [0.2, 0.25) is 0 Å². The summed E-state index contributed by atoms with van der Waals surface area (Å²) in [6.45, 7) is 12.3. The Kier molecular flexibility index (Phi) is 7.43. The summed E-state index contributed by atoms with van der Waals surface area (Å²) in [4.78, 5) is 24.7. The number of nitrogens with one attached hydrogen (secondary N) is 1. The third-order valence-corrected chi connectivity index (χ3v) is 4.67. The van der Waals surface area contributed by atoms with Gasteiger partial charge in [-0.05, 0) is 61.1 Å². The normalized spacial score (nSPS) is 12.2. The number of esters is 1. The van der Waals surface area contributed by atoms with Crippen LogP contribution in [0.25, 0.3) is 0 Å². The van der Waals surface area contributed by atoms with Gasteiger partial charge in [-0.2, -0.15) is 0 Å². The second kappa shape index (κ2) is 9.59. The maximum atomic E-state index is 12.8. The zero-order chi connectivity index (χ0) is 21.6. The van der Waals surface area contributed by atoms with Gasteiger partial charge in [0.15, 0.2) is 6.10 Å². The standard InChI is InChI=1S/C24H31NO4/c1-7-21(29-19-13-11-18(12-14-19)24(4,5)6)22(26)25-20-15-17(10-9-16(20)3)23(27)28-8-2/h9-15,21H,7-8H2,1-6H3,(H,25,26)/t21-/m1/s1. The summed E-state index contributed by atoms with van der Waals surface area (Å²) < 4.78 is 11.0. The van der Waals surface area contributed by atoms with Crippen molar-refractivity contribution in [3.63, 3.8) is 0 Å². The van der Waals surface area contributed by atoms with Crippen LogP contribution < -0.4 is 10.1 Å². The maximum absolute atomic E-state index is 12.8. The molecule has 0 aliphatic carbocycles. The van der Waals surface area contributed by atoms with Crippen molar-refractivity contribution in [3.05, 3.63) is 59.2 Å². The Labute approximate surface area is 173 Å². The van der Waals surface area contributed by atoms with Crippen LogP contribution in [-0.2, 0) is 14.9 Å². The number of hydrogen-bond acceptors (Lipinski definition) is 4.